The summed E-state index contributed by atoms with van der Waals surface area (Å²) in [5, 5.41) is 3.12. The minimum atomic E-state index is 0.133. The van der Waals surface area contributed by atoms with Crippen molar-refractivity contribution in [3.8, 4) is 0 Å². The monoisotopic (exact) mass is 414 g/mol. The van der Waals surface area contributed by atoms with Gasteiger partial charge in [-0.05, 0) is 34.0 Å². The average molecular weight is 415 g/mol. The molecule has 1 amide bonds. The molecule has 0 bridgehead atoms. The van der Waals surface area contributed by atoms with Crippen molar-refractivity contribution in [1.82, 2.24) is 10.2 Å². The molecule has 4 nitrogen and oxygen atoms in total. The number of ether oxygens (including phenoxy) is 1. The number of amides is 1. The van der Waals surface area contributed by atoms with E-state index in [1.54, 1.807) is 11.8 Å². The van der Waals surface area contributed by atoms with Gasteiger partial charge in [0, 0.05) is 47.2 Å². The van der Waals surface area contributed by atoms with Gasteiger partial charge >= 0.3 is 0 Å². The summed E-state index contributed by atoms with van der Waals surface area (Å²) in [6.45, 7) is 8.65. The van der Waals surface area contributed by atoms with Crippen LogP contribution in [0.3, 0.4) is 0 Å². The zero-order chi connectivity index (χ0) is 17.4. The van der Waals surface area contributed by atoms with Crippen molar-refractivity contribution in [2.75, 3.05) is 38.6 Å². The second-order valence-corrected chi connectivity index (χ2v) is 8.28. The predicted molar refractivity (Wildman–Crippen MR) is 104 cm³/mol. The zero-order valence-electron chi connectivity index (χ0n) is 14.5. The molecule has 0 aromatic heterocycles. The summed E-state index contributed by atoms with van der Waals surface area (Å²) in [5.41, 5.74) is 0. The molecule has 0 aliphatic carbocycles. The molecular formula is C18H27BrN2O2S. The predicted octanol–water partition coefficient (Wildman–Crippen LogP) is 3.40. The van der Waals surface area contributed by atoms with E-state index in [1.165, 1.54) is 4.90 Å². The Bertz CT molecular complexity index is 521. The number of nitrogens with one attached hydrogen (secondary N) is 1. The number of rotatable bonds is 8. The number of carbonyl (C=O) groups excluding carboxylic acids is 1. The lowest BCUT2D eigenvalue weighted by Gasteiger charge is -2.36. The van der Waals surface area contributed by atoms with Crippen LogP contribution in [-0.2, 0) is 9.53 Å². The minimum Gasteiger partial charge on any atom is -0.379 e. The summed E-state index contributed by atoms with van der Waals surface area (Å²) in [6, 6.07) is 8.49. The molecule has 6 heteroatoms. The number of carbonyl (C=O) groups is 1. The van der Waals surface area contributed by atoms with Crippen LogP contribution in [0, 0.1) is 5.92 Å². The molecule has 1 atom stereocenters. The second-order valence-electron chi connectivity index (χ2n) is 6.29. The highest BCUT2D eigenvalue weighted by Crippen LogP contribution is 2.27. The number of hydrogen-bond acceptors (Lipinski definition) is 4. The van der Waals surface area contributed by atoms with E-state index in [2.05, 4.69) is 46.1 Å². The van der Waals surface area contributed by atoms with Crippen LogP contribution in [0.2, 0.25) is 0 Å². The van der Waals surface area contributed by atoms with Gasteiger partial charge in [0.1, 0.15) is 0 Å². The summed E-state index contributed by atoms with van der Waals surface area (Å²) in [4.78, 5) is 15.8. The van der Waals surface area contributed by atoms with Crippen LogP contribution in [0.15, 0.2) is 33.6 Å². The number of thioether (sulfide) groups is 1. The van der Waals surface area contributed by atoms with Crippen molar-refractivity contribution in [1.29, 1.82) is 0 Å². The normalized spacial score (nSPS) is 17.0. The van der Waals surface area contributed by atoms with E-state index < -0.39 is 0 Å². The molecular weight excluding hydrogens is 388 g/mol. The molecule has 1 fully saturated rings. The van der Waals surface area contributed by atoms with Gasteiger partial charge in [-0.15, -0.1) is 11.8 Å². The Kier molecular flexibility index (Phi) is 8.59. The maximum absolute atomic E-state index is 12.1. The zero-order valence-corrected chi connectivity index (χ0v) is 16.9. The van der Waals surface area contributed by atoms with Crippen molar-refractivity contribution in [2.24, 2.45) is 5.92 Å². The summed E-state index contributed by atoms with van der Waals surface area (Å²) in [6.07, 6.45) is 0.542. The highest BCUT2D eigenvalue weighted by atomic mass is 79.9. The first-order chi connectivity index (χ1) is 11.6. The maximum atomic E-state index is 12.1. The van der Waals surface area contributed by atoms with Crippen LogP contribution in [-0.4, -0.2) is 55.4 Å². The number of nitrogens with zero attached hydrogens (tertiary/aromatic N) is 1. The fourth-order valence-electron chi connectivity index (χ4n) is 2.82. The molecule has 1 aromatic rings. The molecule has 134 valence electrons. The van der Waals surface area contributed by atoms with Crippen LogP contribution in [0.4, 0.5) is 0 Å². The lowest BCUT2D eigenvalue weighted by molar-refractivity contribution is -0.121. The van der Waals surface area contributed by atoms with E-state index in [0.717, 1.165) is 43.1 Å². The third-order valence-corrected chi connectivity index (χ3v) is 6.25. The molecule has 1 aromatic carbocycles. The Labute approximate surface area is 157 Å². The van der Waals surface area contributed by atoms with E-state index in [-0.39, 0.29) is 5.91 Å². The molecule has 0 spiro atoms. The molecule has 1 aliphatic heterocycles. The van der Waals surface area contributed by atoms with E-state index >= 15 is 0 Å². The molecule has 1 heterocycles. The lowest BCUT2D eigenvalue weighted by Crippen LogP contribution is -2.51. The number of hydrogen-bond donors (Lipinski definition) is 1. The molecule has 1 N–H and O–H groups in total. The summed E-state index contributed by atoms with van der Waals surface area (Å²) in [7, 11) is 0. The molecule has 2 rings (SSSR count). The average Bonchev–Trinajstić information content (AvgIpc) is 2.57. The van der Waals surface area contributed by atoms with E-state index in [9.17, 15) is 4.79 Å². The molecule has 1 saturated heterocycles. The Morgan fingerprint density at radius 1 is 1.33 bits per heavy atom. The van der Waals surface area contributed by atoms with Crippen LogP contribution in [0.1, 0.15) is 20.3 Å². The fourth-order valence-corrected chi connectivity index (χ4v) is 4.33. The van der Waals surface area contributed by atoms with Gasteiger partial charge in [-0.3, -0.25) is 9.69 Å². The van der Waals surface area contributed by atoms with Crippen molar-refractivity contribution in [3.63, 3.8) is 0 Å². The smallest absolute Gasteiger partial charge is 0.220 e. The molecule has 24 heavy (non-hydrogen) atoms. The first kappa shape index (κ1) is 19.8. The first-order valence-electron chi connectivity index (χ1n) is 8.53. The van der Waals surface area contributed by atoms with Crippen molar-refractivity contribution in [2.45, 2.75) is 31.2 Å². The number of halogens is 1. The molecule has 0 saturated carbocycles. The van der Waals surface area contributed by atoms with Crippen molar-refractivity contribution >= 4 is 33.6 Å². The fraction of sp³-hybridized carbons (Fsp3) is 0.611. The van der Waals surface area contributed by atoms with Crippen LogP contribution in [0.5, 0.6) is 0 Å². The largest absolute Gasteiger partial charge is 0.379 e. The summed E-state index contributed by atoms with van der Waals surface area (Å²) in [5.74, 6) is 1.43. The molecule has 1 unspecified atom stereocenters. The van der Waals surface area contributed by atoms with E-state index in [1.807, 2.05) is 18.2 Å². The molecule has 1 aliphatic rings. The van der Waals surface area contributed by atoms with Gasteiger partial charge in [-0.1, -0.05) is 26.0 Å². The third-order valence-electron chi connectivity index (χ3n) is 4.22. The lowest BCUT2D eigenvalue weighted by atomic mass is 10.0. The van der Waals surface area contributed by atoms with E-state index in [4.69, 9.17) is 4.74 Å². The summed E-state index contributed by atoms with van der Waals surface area (Å²) >= 11 is 5.25. The third kappa shape index (κ3) is 6.39. The molecule has 0 radical (unpaired) electrons. The van der Waals surface area contributed by atoms with Gasteiger partial charge in [-0.2, -0.15) is 0 Å². The van der Waals surface area contributed by atoms with Gasteiger partial charge in [-0.25, -0.2) is 0 Å². The van der Waals surface area contributed by atoms with Crippen LogP contribution in [0.25, 0.3) is 0 Å². The first-order valence-corrected chi connectivity index (χ1v) is 10.3. The minimum absolute atomic E-state index is 0.133. The van der Waals surface area contributed by atoms with Gasteiger partial charge in [0.15, 0.2) is 0 Å². The topological polar surface area (TPSA) is 41.6 Å². The van der Waals surface area contributed by atoms with Gasteiger partial charge in [0.05, 0.1) is 13.2 Å². The Morgan fingerprint density at radius 3 is 2.71 bits per heavy atom. The Balaban J connectivity index is 1.71. The van der Waals surface area contributed by atoms with Gasteiger partial charge in [0.2, 0.25) is 5.91 Å². The van der Waals surface area contributed by atoms with Gasteiger partial charge < -0.3 is 10.1 Å². The quantitative estimate of drug-likeness (QED) is 0.661. The second kappa shape index (κ2) is 10.4. The summed E-state index contributed by atoms with van der Waals surface area (Å²) < 4.78 is 6.51. The Morgan fingerprint density at radius 2 is 2.04 bits per heavy atom. The number of benzene rings is 1. The van der Waals surface area contributed by atoms with Crippen molar-refractivity contribution < 1.29 is 9.53 Å². The highest BCUT2D eigenvalue weighted by Gasteiger charge is 2.24. The standard InChI is InChI=1S/C18H27BrN2O2S/c1-14(2)16(21-8-10-23-11-9-21)13-20-18(22)7-12-24-17-6-4-3-5-15(17)19/h3-6,14,16H,7-13H2,1-2H3,(H,20,22). The SMILES string of the molecule is CC(C)C(CNC(=O)CCSc1ccccc1Br)N1CCOCC1. The Hall–Kier alpha value is -0.560. The number of morpholine rings is 1. The maximum Gasteiger partial charge on any atom is 0.220 e. The highest BCUT2D eigenvalue weighted by molar-refractivity contribution is 9.10. The van der Waals surface area contributed by atoms with Crippen molar-refractivity contribution in [3.05, 3.63) is 28.7 Å². The van der Waals surface area contributed by atoms with E-state index in [0.29, 0.717) is 18.4 Å². The van der Waals surface area contributed by atoms with Gasteiger partial charge in [0.25, 0.3) is 0 Å². The van der Waals surface area contributed by atoms with Crippen LogP contribution >= 0.6 is 27.7 Å². The van der Waals surface area contributed by atoms with Crippen LogP contribution < -0.4 is 5.32 Å².